The van der Waals surface area contributed by atoms with Crippen molar-refractivity contribution >= 4 is 11.9 Å². The first-order valence-corrected chi connectivity index (χ1v) is 21.2. The van der Waals surface area contributed by atoms with Gasteiger partial charge < -0.3 is 59.4 Å². The van der Waals surface area contributed by atoms with Crippen LogP contribution >= 0.6 is 0 Å². The normalized spacial score (nSPS) is 51.5. The minimum atomic E-state index is -1.67. The Morgan fingerprint density at radius 3 is 2.07 bits per heavy atom. The number of fused-ring (bicyclic) bond motifs is 7. The maximum Gasteiger partial charge on any atom is 0.337 e. The van der Waals surface area contributed by atoms with Crippen LogP contribution < -0.4 is 0 Å². The van der Waals surface area contributed by atoms with Gasteiger partial charge in [0.15, 0.2) is 12.4 Å². The van der Waals surface area contributed by atoms with Crippen LogP contribution in [0, 0.1) is 50.2 Å². The van der Waals surface area contributed by atoms with Crippen molar-refractivity contribution in [2.45, 2.75) is 180 Å². The van der Waals surface area contributed by atoms with Crippen LogP contribution in [0.2, 0.25) is 0 Å². The Morgan fingerprint density at radius 2 is 1.40 bits per heavy atom. The number of aliphatic hydroxyl groups is 7. The quantitative estimate of drug-likeness (QED) is 0.117. The number of hydrogen-bond donors (Lipinski definition) is 7. The zero-order chi connectivity index (χ0) is 41.8. The molecule has 14 nitrogen and oxygen atoms in total. The average Bonchev–Trinajstić information content (AvgIpc) is 3.15. The molecule has 7 rings (SSSR count). The van der Waals surface area contributed by atoms with E-state index >= 15 is 0 Å². The molecule has 57 heavy (non-hydrogen) atoms. The van der Waals surface area contributed by atoms with Crippen molar-refractivity contribution in [1.29, 1.82) is 0 Å². The van der Waals surface area contributed by atoms with E-state index in [1.807, 2.05) is 0 Å². The maximum atomic E-state index is 14.6. The smallest absolute Gasteiger partial charge is 0.337 e. The van der Waals surface area contributed by atoms with Gasteiger partial charge in [-0.1, -0.05) is 60.1 Å². The van der Waals surface area contributed by atoms with E-state index in [0.717, 1.165) is 44.9 Å². The SMILES string of the molecule is COC(=O)[C@H]1O[C@@H](O[C@H]2CC[C@]3(C)[C@H]4CC=C5[C@@H]6CC(C)(C)CC[C@]6(C(=O)O[C@@H]6O[C@H](CO)[C@H](O)[C@H](O)[C@H]6O)CC[C@@]5(C)[C@]4(C)CC[C@H]3C2(C)C)[C@H](O)[C@@H](O)[C@@H]1O. The number of aliphatic hydroxyl groups excluding tert-OH is 7. The van der Waals surface area contributed by atoms with Gasteiger partial charge in [-0.25, -0.2) is 4.79 Å². The second kappa shape index (κ2) is 14.7. The summed E-state index contributed by atoms with van der Waals surface area (Å²) in [6.45, 7) is 15.6. The second-order valence-electron chi connectivity index (χ2n) is 20.9. The molecule has 0 aromatic heterocycles. The van der Waals surface area contributed by atoms with Crippen LogP contribution in [0.4, 0.5) is 0 Å². The molecule has 2 saturated heterocycles. The molecule has 0 aromatic carbocycles. The molecule has 14 heteroatoms. The van der Waals surface area contributed by atoms with Crippen LogP contribution in [-0.4, -0.2) is 129 Å². The summed E-state index contributed by atoms with van der Waals surface area (Å²) in [7, 11) is 1.17. The van der Waals surface area contributed by atoms with Crippen LogP contribution in [0.3, 0.4) is 0 Å². The lowest BCUT2D eigenvalue weighted by molar-refractivity contribution is -0.324. The topological polar surface area (TPSA) is 222 Å². The number of ether oxygens (including phenoxy) is 5. The van der Waals surface area contributed by atoms with E-state index in [1.54, 1.807) is 0 Å². The van der Waals surface area contributed by atoms with Crippen molar-refractivity contribution in [3.8, 4) is 0 Å². The van der Waals surface area contributed by atoms with Crippen LogP contribution in [-0.2, 0) is 33.3 Å². The Hall–Kier alpha value is -1.72. The molecule has 5 aliphatic carbocycles. The molecule has 2 aliphatic heterocycles. The van der Waals surface area contributed by atoms with Crippen LogP contribution in [0.1, 0.15) is 113 Å². The fourth-order valence-electron chi connectivity index (χ4n) is 13.7. The van der Waals surface area contributed by atoms with Crippen LogP contribution in [0.5, 0.6) is 0 Å². The van der Waals surface area contributed by atoms with Gasteiger partial charge in [-0.05, 0) is 109 Å². The predicted octanol–water partition coefficient (Wildman–Crippen LogP) is 2.50. The minimum Gasteiger partial charge on any atom is -0.467 e. The highest BCUT2D eigenvalue weighted by Gasteiger charge is 2.70. The minimum absolute atomic E-state index is 0.0267. The Kier molecular flexibility index (Phi) is 11.2. The fraction of sp³-hybridized carbons (Fsp3) is 0.907. The molecule has 0 spiro atoms. The first-order valence-electron chi connectivity index (χ1n) is 21.2. The highest BCUT2D eigenvalue weighted by Crippen LogP contribution is 2.76. The number of carbonyl (C=O) groups is 2. The average molecular weight is 809 g/mol. The highest BCUT2D eigenvalue weighted by molar-refractivity contribution is 5.79. The van der Waals surface area contributed by atoms with Crippen molar-refractivity contribution in [2.24, 2.45) is 50.2 Å². The molecule has 18 atom stereocenters. The molecule has 0 amide bonds. The van der Waals surface area contributed by atoms with Crippen molar-refractivity contribution < 1.29 is 69.0 Å². The van der Waals surface area contributed by atoms with E-state index in [0.29, 0.717) is 25.2 Å². The zero-order valence-electron chi connectivity index (χ0n) is 34.9. The summed E-state index contributed by atoms with van der Waals surface area (Å²) in [6.07, 6.45) is -5.33. The number of esters is 2. The molecular formula is C43H68O14. The number of rotatable bonds is 6. The van der Waals surface area contributed by atoms with Crippen molar-refractivity contribution in [2.75, 3.05) is 13.7 Å². The van der Waals surface area contributed by atoms with Crippen molar-refractivity contribution in [3.63, 3.8) is 0 Å². The Bertz CT molecular complexity index is 1580. The summed E-state index contributed by atoms with van der Waals surface area (Å²) in [6, 6.07) is 0. The standard InChI is InChI=1S/C43H68O14/c1-38(2)15-17-43(37(52)57-35-31(49)28(46)27(45)23(20-44)54-35)18-16-41(6)21(22(43)19-38)9-10-25-40(5)13-12-26(39(3,4)24(40)11-14-42(25,41)7)55-36-32(50)29(47)30(48)33(56-36)34(51)53-8/h9,22-33,35-36,44-50H,10-20H2,1-8H3/t22-,23+,24-,25+,26-,27-,28-,29-,30-,31+,32+,33-,35-,36+,40-,41+,42+,43-/m0/s1. The zero-order valence-corrected chi connectivity index (χ0v) is 34.9. The van der Waals surface area contributed by atoms with E-state index in [-0.39, 0.29) is 45.0 Å². The summed E-state index contributed by atoms with van der Waals surface area (Å²) in [5, 5.41) is 73.3. The van der Waals surface area contributed by atoms with Gasteiger partial charge in [-0.15, -0.1) is 0 Å². The van der Waals surface area contributed by atoms with E-state index < -0.39 is 85.4 Å². The van der Waals surface area contributed by atoms with Gasteiger partial charge in [0.2, 0.25) is 6.29 Å². The van der Waals surface area contributed by atoms with Gasteiger partial charge in [0.1, 0.15) is 42.7 Å². The number of allylic oxidation sites excluding steroid dienone is 2. The molecule has 2 heterocycles. The number of carbonyl (C=O) groups excluding carboxylic acids is 2. The molecule has 324 valence electrons. The summed E-state index contributed by atoms with van der Waals surface area (Å²) >= 11 is 0. The van der Waals surface area contributed by atoms with Gasteiger partial charge in [0, 0.05) is 0 Å². The number of hydrogen-bond acceptors (Lipinski definition) is 14. The van der Waals surface area contributed by atoms with Gasteiger partial charge in [-0.2, -0.15) is 0 Å². The fourth-order valence-corrected chi connectivity index (χ4v) is 13.7. The Morgan fingerprint density at radius 1 is 0.754 bits per heavy atom. The largest absolute Gasteiger partial charge is 0.467 e. The summed E-state index contributed by atoms with van der Waals surface area (Å²) in [4.78, 5) is 27.0. The van der Waals surface area contributed by atoms with E-state index in [2.05, 4.69) is 54.5 Å². The van der Waals surface area contributed by atoms with E-state index in [4.69, 9.17) is 23.7 Å². The molecular weight excluding hydrogens is 740 g/mol. The van der Waals surface area contributed by atoms with Crippen LogP contribution in [0.25, 0.3) is 0 Å². The third-order valence-corrected chi connectivity index (χ3v) is 17.4. The Labute approximate surface area is 336 Å². The second-order valence-corrected chi connectivity index (χ2v) is 20.9. The lowest BCUT2D eigenvalue weighted by atomic mass is 9.33. The number of methoxy groups -OCH3 is 1. The molecule has 7 aliphatic rings. The molecule has 7 N–H and O–H groups in total. The van der Waals surface area contributed by atoms with E-state index in [9.17, 15) is 45.3 Å². The first-order chi connectivity index (χ1) is 26.5. The summed E-state index contributed by atoms with van der Waals surface area (Å²) < 4.78 is 28.7. The molecule has 0 aromatic rings. The summed E-state index contributed by atoms with van der Waals surface area (Å²) in [5.41, 5.74) is -0.351. The molecule has 0 unspecified atom stereocenters. The maximum absolute atomic E-state index is 14.6. The van der Waals surface area contributed by atoms with E-state index in [1.165, 1.54) is 12.7 Å². The van der Waals surface area contributed by atoms with Gasteiger partial charge in [0.25, 0.3) is 0 Å². The molecule has 6 fully saturated rings. The third-order valence-electron chi connectivity index (χ3n) is 17.4. The molecule has 4 saturated carbocycles. The predicted molar refractivity (Wildman–Crippen MR) is 202 cm³/mol. The van der Waals surface area contributed by atoms with Gasteiger partial charge in [0.05, 0.1) is 25.2 Å². The molecule has 0 radical (unpaired) electrons. The lowest BCUT2D eigenvalue weighted by Gasteiger charge is -2.71. The van der Waals surface area contributed by atoms with Gasteiger partial charge in [-0.3, -0.25) is 4.79 Å². The van der Waals surface area contributed by atoms with Crippen LogP contribution in [0.15, 0.2) is 11.6 Å². The monoisotopic (exact) mass is 808 g/mol. The highest BCUT2D eigenvalue weighted by atomic mass is 16.7. The van der Waals surface area contributed by atoms with Crippen molar-refractivity contribution in [1.82, 2.24) is 0 Å². The molecule has 0 bridgehead atoms. The lowest BCUT2D eigenvalue weighted by Crippen LogP contribution is -2.66. The first kappa shape index (κ1) is 43.4. The summed E-state index contributed by atoms with van der Waals surface area (Å²) in [5.74, 6) is -0.876. The third kappa shape index (κ3) is 6.48. The van der Waals surface area contributed by atoms with Crippen molar-refractivity contribution in [3.05, 3.63) is 11.6 Å². The van der Waals surface area contributed by atoms with Gasteiger partial charge >= 0.3 is 11.9 Å². The Balaban J connectivity index is 1.15.